The quantitative estimate of drug-likeness (QED) is 0.825. The molecule has 1 rings (SSSR count). The topological polar surface area (TPSA) is 56.0 Å². The number of nitrogens with two attached hydrogens (primary N) is 1. The van der Waals surface area contributed by atoms with Crippen LogP contribution in [0.5, 0.6) is 0 Å². The van der Waals surface area contributed by atoms with Gasteiger partial charge in [-0.3, -0.25) is 4.79 Å². The fraction of sp³-hybridized carbons (Fsp3) is 0.500. The van der Waals surface area contributed by atoms with E-state index in [1.807, 2.05) is 6.07 Å². The Morgan fingerprint density at radius 1 is 1.47 bits per heavy atom. The van der Waals surface area contributed by atoms with E-state index in [-0.39, 0.29) is 11.2 Å². The molecule has 15 heavy (non-hydrogen) atoms. The summed E-state index contributed by atoms with van der Waals surface area (Å²) in [4.78, 5) is 15.6. The Morgan fingerprint density at radius 3 is 2.67 bits per heavy atom. The van der Waals surface area contributed by atoms with Crippen molar-refractivity contribution in [2.75, 3.05) is 5.73 Å². The van der Waals surface area contributed by atoms with E-state index in [2.05, 4.69) is 25.8 Å². The second-order valence-electron chi connectivity index (χ2n) is 5.04. The van der Waals surface area contributed by atoms with Crippen LogP contribution in [0.25, 0.3) is 0 Å². The molecule has 3 heteroatoms. The van der Waals surface area contributed by atoms with Gasteiger partial charge in [0.25, 0.3) is 0 Å². The van der Waals surface area contributed by atoms with E-state index in [0.29, 0.717) is 18.7 Å². The molecule has 0 aliphatic rings. The van der Waals surface area contributed by atoms with Crippen molar-refractivity contribution in [3.05, 3.63) is 23.9 Å². The summed E-state index contributed by atoms with van der Waals surface area (Å²) < 4.78 is 0. The van der Waals surface area contributed by atoms with E-state index in [0.717, 1.165) is 5.56 Å². The van der Waals surface area contributed by atoms with E-state index in [1.165, 1.54) is 0 Å². The number of rotatable bonds is 3. The Morgan fingerprint density at radius 2 is 2.13 bits per heavy atom. The molecule has 0 spiro atoms. The number of pyridine rings is 1. The summed E-state index contributed by atoms with van der Waals surface area (Å²) in [6.07, 6.45) is 2.67. The Bertz CT molecular complexity index is 353. The van der Waals surface area contributed by atoms with Crippen LogP contribution in [0.15, 0.2) is 18.3 Å². The third-order valence-electron chi connectivity index (χ3n) is 1.97. The second-order valence-corrected chi connectivity index (χ2v) is 5.04. The maximum absolute atomic E-state index is 11.7. The number of carbonyl (C=O) groups excluding carboxylic acids is 1. The van der Waals surface area contributed by atoms with E-state index >= 15 is 0 Å². The molecule has 0 aliphatic carbocycles. The smallest absolute Gasteiger partial charge is 0.137 e. The molecule has 0 radical (unpaired) electrons. The summed E-state index contributed by atoms with van der Waals surface area (Å²) in [5.74, 6) is 0.712. The predicted octanol–water partition coefficient (Wildman–Crippen LogP) is 2.21. The average Bonchev–Trinajstić information content (AvgIpc) is 1.99. The fourth-order valence-corrected chi connectivity index (χ4v) is 1.49. The number of hydrogen-bond acceptors (Lipinski definition) is 3. The van der Waals surface area contributed by atoms with Gasteiger partial charge in [0.1, 0.15) is 11.6 Å². The van der Waals surface area contributed by atoms with Crippen LogP contribution in [-0.4, -0.2) is 10.8 Å². The van der Waals surface area contributed by atoms with Crippen molar-refractivity contribution in [1.82, 2.24) is 4.98 Å². The monoisotopic (exact) mass is 206 g/mol. The normalized spacial score (nSPS) is 11.4. The zero-order valence-electron chi connectivity index (χ0n) is 9.58. The molecule has 1 heterocycles. The molecule has 0 saturated carbocycles. The molecule has 1 aromatic heterocycles. The van der Waals surface area contributed by atoms with Gasteiger partial charge >= 0.3 is 0 Å². The minimum absolute atomic E-state index is 0.0512. The molecule has 2 N–H and O–H groups in total. The highest BCUT2D eigenvalue weighted by atomic mass is 16.1. The Balaban J connectivity index is 2.59. The van der Waals surface area contributed by atoms with Crippen molar-refractivity contribution >= 4 is 11.6 Å². The van der Waals surface area contributed by atoms with Crippen molar-refractivity contribution in [3.8, 4) is 0 Å². The number of nitrogen functional groups attached to an aromatic ring is 1. The third kappa shape index (κ3) is 4.58. The average molecular weight is 206 g/mol. The molecule has 0 aliphatic heterocycles. The number of ketones is 1. The minimum atomic E-state index is 0.0512. The molecule has 82 valence electrons. The van der Waals surface area contributed by atoms with E-state index in [4.69, 9.17) is 5.73 Å². The summed E-state index contributed by atoms with van der Waals surface area (Å²) >= 11 is 0. The van der Waals surface area contributed by atoms with E-state index < -0.39 is 0 Å². The lowest BCUT2D eigenvalue weighted by molar-refractivity contribution is -0.120. The summed E-state index contributed by atoms with van der Waals surface area (Å²) in [6, 6.07) is 3.58. The van der Waals surface area contributed by atoms with Crippen LogP contribution in [0.1, 0.15) is 32.8 Å². The van der Waals surface area contributed by atoms with E-state index in [9.17, 15) is 4.79 Å². The Hall–Kier alpha value is -1.38. The molecule has 3 nitrogen and oxygen atoms in total. The lowest BCUT2D eigenvalue weighted by Gasteiger charge is -2.16. The molecule has 0 saturated heterocycles. The largest absolute Gasteiger partial charge is 0.384 e. The number of Topliss-reactive ketones (excluding diaryl/α,β-unsaturated/α-hetero) is 1. The molecule has 0 unspecified atom stereocenters. The molecule has 0 fully saturated rings. The number of anilines is 1. The first-order valence-corrected chi connectivity index (χ1v) is 5.09. The number of hydrogen-bond donors (Lipinski definition) is 1. The first-order chi connectivity index (χ1) is 6.87. The summed E-state index contributed by atoms with van der Waals surface area (Å²) in [5.41, 5.74) is 6.53. The van der Waals surface area contributed by atoms with Gasteiger partial charge in [0.05, 0.1) is 0 Å². The molecule has 0 amide bonds. The van der Waals surface area contributed by atoms with Crippen LogP contribution in [0.2, 0.25) is 0 Å². The zero-order chi connectivity index (χ0) is 11.5. The van der Waals surface area contributed by atoms with Crippen LogP contribution >= 0.6 is 0 Å². The van der Waals surface area contributed by atoms with Gasteiger partial charge in [-0.2, -0.15) is 0 Å². The number of nitrogens with zero attached hydrogens (tertiary/aromatic N) is 1. The summed E-state index contributed by atoms with van der Waals surface area (Å²) in [7, 11) is 0. The van der Waals surface area contributed by atoms with Crippen molar-refractivity contribution in [2.45, 2.75) is 33.6 Å². The highest BCUT2D eigenvalue weighted by molar-refractivity contribution is 5.81. The lowest BCUT2D eigenvalue weighted by atomic mass is 9.88. The highest BCUT2D eigenvalue weighted by Gasteiger charge is 2.16. The molecular formula is C12H18N2O. The first-order valence-electron chi connectivity index (χ1n) is 5.09. The molecule has 0 bridgehead atoms. The second kappa shape index (κ2) is 4.43. The van der Waals surface area contributed by atoms with Gasteiger partial charge in [-0.25, -0.2) is 4.98 Å². The van der Waals surface area contributed by atoms with Crippen LogP contribution in [0, 0.1) is 5.41 Å². The minimum Gasteiger partial charge on any atom is -0.384 e. The first kappa shape index (κ1) is 11.7. The number of carbonyl (C=O) groups is 1. The Kier molecular flexibility index (Phi) is 3.45. The van der Waals surface area contributed by atoms with Gasteiger partial charge in [0.2, 0.25) is 0 Å². The van der Waals surface area contributed by atoms with Crippen molar-refractivity contribution in [2.24, 2.45) is 5.41 Å². The van der Waals surface area contributed by atoms with Gasteiger partial charge in [-0.15, -0.1) is 0 Å². The SMILES string of the molecule is CC(C)(C)CC(=O)Cc1ccnc(N)c1. The third-order valence-corrected chi connectivity index (χ3v) is 1.97. The van der Waals surface area contributed by atoms with Gasteiger partial charge in [-0.05, 0) is 23.1 Å². The lowest BCUT2D eigenvalue weighted by Crippen LogP contribution is -2.14. The fourth-order valence-electron chi connectivity index (χ4n) is 1.49. The maximum Gasteiger partial charge on any atom is 0.137 e. The number of aromatic nitrogens is 1. The standard InChI is InChI=1S/C12H18N2O/c1-12(2,3)8-10(15)6-9-4-5-14-11(13)7-9/h4-5,7H,6,8H2,1-3H3,(H2,13,14). The summed E-state index contributed by atoms with van der Waals surface area (Å²) in [5, 5.41) is 0. The van der Waals surface area contributed by atoms with Crippen LogP contribution in [0.3, 0.4) is 0 Å². The van der Waals surface area contributed by atoms with Crippen molar-refractivity contribution in [1.29, 1.82) is 0 Å². The van der Waals surface area contributed by atoms with Gasteiger partial charge in [-0.1, -0.05) is 20.8 Å². The van der Waals surface area contributed by atoms with Gasteiger partial charge in [0.15, 0.2) is 0 Å². The zero-order valence-corrected chi connectivity index (χ0v) is 9.58. The van der Waals surface area contributed by atoms with Crippen LogP contribution < -0.4 is 5.73 Å². The molecule has 0 atom stereocenters. The summed E-state index contributed by atoms with van der Waals surface area (Å²) in [6.45, 7) is 6.18. The van der Waals surface area contributed by atoms with Crippen LogP contribution in [0.4, 0.5) is 5.82 Å². The van der Waals surface area contributed by atoms with Crippen molar-refractivity contribution in [3.63, 3.8) is 0 Å². The van der Waals surface area contributed by atoms with Crippen molar-refractivity contribution < 1.29 is 4.79 Å². The highest BCUT2D eigenvalue weighted by Crippen LogP contribution is 2.20. The molecular weight excluding hydrogens is 188 g/mol. The maximum atomic E-state index is 11.7. The van der Waals surface area contributed by atoms with E-state index in [1.54, 1.807) is 12.3 Å². The Labute approximate surface area is 90.7 Å². The van der Waals surface area contributed by atoms with Gasteiger partial charge in [0, 0.05) is 19.0 Å². The van der Waals surface area contributed by atoms with Crippen LogP contribution in [-0.2, 0) is 11.2 Å². The van der Waals surface area contributed by atoms with Gasteiger partial charge < -0.3 is 5.73 Å². The molecule has 0 aromatic carbocycles. The predicted molar refractivity (Wildman–Crippen MR) is 61.4 cm³/mol. The molecule has 1 aromatic rings.